The molecule has 0 unspecified atom stereocenters. The summed E-state index contributed by atoms with van der Waals surface area (Å²) in [6.07, 6.45) is 0. The Bertz CT molecular complexity index is 911. The van der Waals surface area contributed by atoms with Crippen LogP contribution >= 0.6 is 33.9 Å². The molecule has 2 rings (SSSR count). The molecule has 0 saturated heterocycles. The Labute approximate surface area is 186 Å². The Morgan fingerprint density at radius 2 is 1.17 bits per heavy atom. The minimum absolute atomic E-state index is 0.00222. The Balaban J connectivity index is 0.000000466. The van der Waals surface area contributed by atoms with Crippen molar-refractivity contribution in [3.63, 3.8) is 0 Å². The fourth-order valence-electron chi connectivity index (χ4n) is 1.61. The zero-order valence-corrected chi connectivity index (χ0v) is 19.8. The highest BCUT2D eigenvalue weighted by atomic mass is 35.7. The third-order valence-electron chi connectivity index (χ3n) is 3.01. The maximum Gasteiger partial charge on any atom is 0.297 e. The van der Waals surface area contributed by atoms with E-state index in [1.807, 2.05) is 13.8 Å². The van der Waals surface area contributed by atoms with Crippen LogP contribution in [0.1, 0.15) is 11.1 Å². The average molecular weight is 506 g/mol. The second kappa shape index (κ2) is 14.2. The molecule has 164 valence electrons. The van der Waals surface area contributed by atoms with E-state index in [2.05, 4.69) is 4.18 Å². The molecule has 0 aliphatic carbocycles. The van der Waals surface area contributed by atoms with Gasteiger partial charge in [0.15, 0.2) is 0 Å². The van der Waals surface area contributed by atoms with Crippen molar-refractivity contribution in [2.45, 2.75) is 23.6 Å². The van der Waals surface area contributed by atoms with Gasteiger partial charge in [0, 0.05) is 22.4 Å². The number of halogens is 3. The van der Waals surface area contributed by atoms with E-state index in [9.17, 15) is 16.8 Å². The summed E-state index contributed by atoms with van der Waals surface area (Å²) in [4.78, 5) is 0.304. The Hall–Kier alpha value is -0.870. The quantitative estimate of drug-likeness (QED) is 0.361. The van der Waals surface area contributed by atoms with Crippen LogP contribution in [-0.4, -0.2) is 46.9 Å². The van der Waals surface area contributed by atoms with Crippen LogP contribution in [0.2, 0.25) is 0 Å². The lowest BCUT2D eigenvalue weighted by Gasteiger charge is -2.03. The molecule has 1 N–H and O–H groups in total. The molecule has 0 atom stereocenters. The van der Waals surface area contributed by atoms with Gasteiger partial charge in [-0.25, -0.2) is 8.42 Å². The summed E-state index contributed by atoms with van der Waals surface area (Å²) >= 11 is 10.3. The van der Waals surface area contributed by atoms with Crippen LogP contribution in [0.15, 0.2) is 58.3 Å². The largest absolute Gasteiger partial charge is 0.395 e. The van der Waals surface area contributed by atoms with Gasteiger partial charge in [0.25, 0.3) is 19.2 Å². The summed E-state index contributed by atoms with van der Waals surface area (Å²) in [5, 5.41) is 7.74. The second-order valence-corrected chi connectivity index (χ2v) is 10.4. The first kappa shape index (κ1) is 28.1. The number of aliphatic hydroxyl groups excluding tert-OH is 1. The van der Waals surface area contributed by atoms with Gasteiger partial charge in [-0.3, -0.25) is 4.18 Å². The van der Waals surface area contributed by atoms with Gasteiger partial charge in [-0.2, -0.15) is 8.42 Å². The molecule has 0 heterocycles. The predicted octanol–water partition coefficient (Wildman–Crippen LogP) is 4.08. The molecule has 6 nitrogen and oxygen atoms in total. The van der Waals surface area contributed by atoms with E-state index in [1.165, 1.54) is 24.3 Å². The van der Waals surface area contributed by atoms with Crippen molar-refractivity contribution >= 4 is 53.1 Å². The van der Waals surface area contributed by atoms with Crippen LogP contribution in [0, 0.1) is 13.8 Å². The van der Waals surface area contributed by atoms with E-state index >= 15 is 0 Å². The van der Waals surface area contributed by atoms with Crippen LogP contribution in [0.5, 0.6) is 0 Å². The van der Waals surface area contributed by atoms with E-state index < -0.39 is 19.2 Å². The number of hydrogen-bond acceptors (Lipinski definition) is 6. The summed E-state index contributed by atoms with van der Waals surface area (Å²) in [7, 11) is -2.09. The summed E-state index contributed by atoms with van der Waals surface area (Å²) in [5.74, 6) is 0.505. The summed E-state index contributed by atoms with van der Waals surface area (Å²) in [5.41, 5.74) is 2.01. The number of aryl methyl sites for hydroxylation is 2. The SMILES string of the molecule is Cc1ccc(S(=O)(=O)Cl)cc1.Cc1ccc(S(=O)(=O)OCCCl)cc1.OCCCl. The van der Waals surface area contributed by atoms with Gasteiger partial charge in [0.1, 0.15) is 0 Å². The molecule has 2 aromatic rings. The number of benzene rings is 2. The van der Waals surface area contributed by atoms with Crippen molar-refractivity contribution in [3.05, 3.63) is 59.7 Å². The third kappa shape index (κ3) is 12.4. The second-order valence-electron chi connectivity index (χ2n) is 5.44. The fourth-order valence-corrected chi connectivity index (χ4v) is 3.46. The number of rotatable bonds is 6. The standard InChI is InChI=1S/C9H11ClO3S.C7H7ClO2S.C2H5ClO/c1-8-2-4-9(5-3-8)14(11,12)13-7-6-10;1-6-2-4-7(5-3-6)11(8,9)10;3-1-2-4/h2-5H,6-7H2,1H3;2-5H,1H3;4H,1-2H2. The van der Waals surface area contributed by atoms with Crippen molar-refractivity contribution in [2.75, 3.05) is 25.0 Å². The van der Waals surface area contributed by atoms with Crippen molar-refractivity contribution in [2.24, 2.45) is 0 Å². The predicted molar refractivity (Wildman–Crippen MR) is 117 cm³/mol. The zero-order valence-electron chi connectivity index (χ0n) is 15.9. The number of aliphatic hydroxyl groups is 1. The molecule has 0 saturated carbocycles. The lowest BCUT2D eigenvalue weighted by atomic mass is 10.2. The zero-order chi connectivity index (χ0) is 22.5. The van der Waals surface area contributed by atoms with Crippen molar-refractivity contribution in [1.29, 1.82) is 0 Å². The number of alkyl halides is 2. The van der Waals surface area contributed by atoms with Crippen molar-refractivity contribution in [1.82, 2.24) is 0 Å². The summed E-state index contributed by atoms with van der Waals surface area (Å²) in [6.45, 7) is 3.85. The van der Waals surface area contributed by atoms with Gasteiger partial charge in [0.05, 0.1) is 23.0 Å². The summed E-state index contributed by atoms with van der Waals surface area (Å²) in [6, 6.07) is 12.8. The van der Waals surface area contributed by atoms with Crippen molar-refractivity contribution < 1.29 is 26.1 Å². The smallest absolute Gasteiger partial charge is 0.297 e. The molecule has 0 amide bonds. The van der Waals surface area contributed by atoms with Gasteiger partial charge < -0.3 is 5.11 Å². The maximum atomic E-state index is 11.4. The van der Waals surface area contributed by atoms with E-state index in [0.29, 0.717) is 5.88 Å². The molecule has 11 heteroatoms. The van der Waals surface area contributed by atoms with Gasteiger partial charge in [-0.15, -0.1) is 23.2 Å². The molecule has 29 heavy (non-hydrogen) atoms. The highest BCUT2D eigenvalue weighted by molar-refractivity contribution is 8.13. The molecular formula is C18H23Cl3O6S2. The van der Waals surface area contributed by atoms with Crippen LogP contribution in [0.4, 0.5) is 0 Å². The Kier molecular flexibility index (Phi) is 13.8. The molecule has 0 bridgehead atoms. The van der Waals surface area contributed by atoms with Gasteiger partial charge in [-0.1, -0.05) is 35.4 Å². The van der Waals surface area contributed by atoms with Crippen molar-refractivity contribution in [3.8, 4) is 0 Å². The van der Waals surface area contributed by atoms with E-state index in [1.54, 1.807) is 24.3 Å². The van der Waals surface area contributed by atoms with Crippen LogP contribution in [-0.2, 0) is 23.4 Å². The first-order valence-electron chi connectivity index (χ1n) is 8.18. The van der Waals surface area contributed by atoms with E-state index in [-0.39, 0.29) is 28.9 Å². The first-order valence-corrected chi connectivity index (χ1v) is 13.0. The summed E-state index contributed by atoms with van der Waals surface area (Å²) < 4.78 is 48.9. The molecule has 0 radical (unpaired) electrons. The first-order chi connectivity index (χ1) is 13.5. The molecule has 0 spiro atoms. The number of hydrogen-bond donors (Lipinski definition) is 1. The lowest BCUT2D eigenvalue weighted by Crippen LogP contribution is -2.08. The van der Waals surface area contributed by atoms with Crippen LogP contribution in [0.25, 0.3) is 0 Å². The minimum Gasteiger partial charge on any atom is -0.395 e. The third-order valence-corrected chi connectivity index (χ3v) is 6.03. The van der Waals surface area contributed by atoms with Gasteiger partial charge in [-0.05, 0) is 38.1 Å². The van der Waals surface area contributed by atoms with Gasteiger partial charge in [0.2, 0.25) is 0 Å². The average Bonchev–Trinajstić information content (AvgIpc) is 2.67. The minimum atomic E-state index is -3.62. The molecule has 0 fully saturated rings. The highest BCUT2D eigenvalue weighted by Crippen LogP contribution is 2.14. The Morgan fingerprint density at radius 3 is 1.48 bits per heavy atom. The van der Waals surface area contributed by atoms with Gasteiger partial charge >= 0.3 is 0 Å². The molecule has 0 aromatic heterocycles. The van der Waals surface area contributed by atoms with Crippen LogP contribution < -0.4 is 0 Å². The fraction of sp³-hybridized carbons (Fsp3) is 0.333. The maximum absolute atomic E-state index is 11.4. The highest BCUT2D eigenvalue weighted by Gasteiger charge is 2.13. The van der Waals surface area contributed by atoms with E-state index in [4.69, 9.17) is 39.0 Å². The van der Waals surface area contributed by atoms with E-state index in [0.717, 1.165) is 11.1 Å². The molecular weight excluding hydrogens is 483 g/mol. The topological polar surface area (TPSA) is 97.7 Å². The lowest BCUT2D eigenvalue weighted by molar-refractivity contribution is 0.321. The van der Waals surface area contributed by atoms with Crippen LogP contribution in [0.3, 0.4) is 0 Å². The Morgan fingerprint density at radius 1 is 0.793 bits per heavy atom. The normalized spacial score (nSPS) is 11.0. The molecule has 2 aromatic carbocycles. The molecule has 0 aliphatic rings. The molecule has 0 aliphatic heterocycles. The monoisotopic (exact) mass is 504 g/mol.